The summed E-state index contributed by atoms with van der Waals surface area (Å²) in [4.78, 5) is 8.22. The molecular weight excluding hydrogens is 333 g/mol. The van der Waals surface area contributed by atoms with E-state index < -0.39 is 12.7 Å². The lowest BCUT2D eigenvalue weighted by Crippen LogP contribution is -2.43. The van der Waals surface area contributed by atoms with Crippen LogP contribution in [0.5, 0.6) is 0 Å². The Morgan fingerprint density at radius 1 is 1.12 bits per heavy atom. The molecule has 5 nitrogen and oxygen atoms in total. The third-order valence-corrected chi connectivity index (χ3v) is 6.29. The van der Waals surface area contributed by atoms with Crippen LogP contribution in [0.1, 0.15) is 19.3 Å². The van der Waals surface area contributed by atoms with Crippen molar-refractivity contribution in [3.63, 3.8) is 0 Å². The van der Waals surface area contributed by atoms with Crippen LogP contribution in [0, 0.1) is 17.8 Å². The van der Waals surface area contributed by atoms with Crippen molar-refractivity contribution in [2.75, 3.05) is 46.3 Å². The van der Waals surface area contributed by atoms with Gasteiger partial charge in [0.1, 0.15) is 0 Å². The number of rotatable bonds is 3. The van der Waals surface area contributed by atoms with E-state index in [1.807, 2.05) is 0 Å². The predicted octanol–water partition coefficient (Wildman–Crippen LogP) is 1.56. The van der Waals surface area contributed by atoms with Crippen LogP contribution in [-0.4, -0.2) is 80.5 Å². The van der Waals surface area contributed by atoms with Crippen molar-refractivity contribution >= 4 is 5.96 Å². The lowest BCUT2D eigenvalue weighted by molar-refractivity contribution is -0.143. The van der Waals surface area contributed by atoms with Gasteiger partial charge in [-0.3, -0.25) is 9.89 Å². The summed E-state index contributed by atoms with van der Waals surface area (Å²) < 4.78 is 43.5. The highest BCUT2D eigenvalue weighted by molar-refractivity contribution is 5.80. The fraction of sp³-hybridized carbons (Fsp3) is 0.941. The standard InChI is InChI=1S/C17H27F3N4O/c1-21-16(22-6-11-4-5-23(7-11)10-17(18,19)20)24-8-12-13(9-24)15-3-2-14(12)25-15/h11-15H,2-10H2,1H3,(H,21,22). The fourth-order valence-electron chi connectivity index (χ4n) is 5.18. The fourth-order valence-corrected chi connectivity index (χ4v) is 5.18. The van der Waals surface area contributed by atoms with E-state index in [4.69, 9.17) is 4.74 Å². The number of alkyl halides is 3. The second-order valence-electron chi connectivity index (χ2n) is 7.96. The van der Waals surface area contributed by atoms with Crippen molar-refractivity contribution in [1.82, 2.24) is 15.1 Å². The van der Waals surface area contributed by atoms with Crippen LogP contribution in [-0.2, 0) is 4.74 Å². The van der Waals surface area contributed by atoms with Gasteiger partial charge in [-0.1, -0.05) is 0 Å². The summed E-state index contributed by atoms with van der Waals surface area (Å²) in [6, 6.07) is 0. The molecule has 0 aromatic carbocycles. The van der Waals surface area contributed by atoms with E-state index >= 15 is 0 Å². The Kier molecular flexibility index (Phi) is 4.60. The zero-order valence-corrected chi connectivity index (χ0v) is 14.6. The van der Waals surface area contributed by atoms with Gasteiger partial charge in [-0.2, -0.15) is 13.2 Å². The summed E-state index contributed by atoms with van der Waals surface area (Å²) >= 11 is 0. The lowest BCUT2D eigenvalue weighted by Gasteiger charge is -2.24. The van der Waals surface area contributed by atoms with Crippen molar-refractivity contribution in [3.05, 3.63) is 0 Å². The number of nitrogens with one attached hydrogen (secondary N) is 1. The quantitative estimate of drug-likeness (QED) is 0.613. The van der Waals surface area contributed by atoms with Crippen molar-refractivity contribution in [2.45, 2.75) is 37.6 Å². The van der Waals surface area contributed by atoms with E-state index in [-0.39, 0.29) is 5.92 Å². The van der Waals surface area contributed by atoms with Crippen LogP contribution in [0.3, 0.4) is 0 Å². The normalized spacial score (nSPS) is 38.6. The SMILES string of the molecule is CN=C(NCC1CCN(CC(F)(F)F)C1)N1CC2C3CCC(O3)C2C1. The molecule has 0 saturated carbocycles. The molecule has 4 aliphatic rings. The molecule has 4 rings (SSSR count). The van der Waals surface area contributed by atoms with Crippen molar-refractivity contribution in [1.29, 1.82) is 0 Å². The van der Waals surface area contributed by atoms with Crippen LogP contribution in [0.2, 0.25) is 0 Å². The second kappa shape index (κ2) is 6.61. The number of ether oxygens (including phenoxy) is 1. The summed E-state index contributed by atoms with van der Waals surface area (Å²) in [6.45, 7) is 2.89. The molecule has 2 bridgehead atoms. The van der Waals surface area contributed by atoms with E-state index in [0.29, 0.717) is 43.7 Å². The monoisotopic (exact) mass is 360 g/mol. The molecule has 5 atom stereocenters. The van der Waals surface area contributed by atoms with Crippen LogP contribution >= 0.6 is 0 Å². The van der Waals surface area contributed by atoms with Gasteiger partial charge in [0, 0.05) is 45.1 Å². The van der Waals surface area contributed by atoms with Gasteiger partial charge in [0.15, 0.2) is 5.96 Å². The van der Waals surface area contributed by atoms with Gasteiger partial charge in [-0.25, -0.2) is 0 Å². The molecule has 25 heavy (non-hydrogen) atoms. The van der Waals surface area contributed by atoms with Crippen LogP contribution in [0.4, 0.5) is 13.2 Å². The lowest BCUT2D eigenvalue weighted by atomic mass is 9.82. The Hall–Kier alpha value is -1.02. The van der Waals surface area contributed by atoms with Gasteiger partial charge in [-0.15, -0.1) is 0 Å². The molecule has 142 valence electrons. The van der Waals surface area contributed by atoms with E-state index in [9.17, 15) is 13.2 Å². The minimum Gasteiger partial charge on any atom is -0.374 e. The first-order valence-electron chi connectivity index (χ1n) is 9.33. The van der Waals surface area contributed by atoms with Gasteiger partial charge in [0.25, 0.3) is 0 Å². The zero-order valence-electron chi connectivity index (χ0n) is 14.6. The van der Waals surface area contributed by atoms with Crippen molar-refractivity contribution in [2.24, 2.45) is 22.7 Å². The maximum atomic E-state index is 12.5. The highest BCUT2D eigenvalue weighted by Crippen LogP contribution is 2.47. The maximum absolute atomic E-state index is 12.5. The first kappa shape index (κ1) is 17.4. The highest BCUT2D eigenvalue weighted by atomic mass is 19.4. The Bertz CT molecular complexity index is 509. The van der Waals surface area contributed by atoms with Crippen LogP contribution in [0.15, 0.2) is 4.99 Å². The van der Waals surface area contributed by atoms with Crippen molar-refractivity contribution < 1.29 is 17.9 Å². The summed E-state index contributed by atoms with van der Waals surface area (Å²) in [6.07, 6.45) is -0.0880. The molecule has 1 N–H and O–H groups in total. The molecule has 8 heteroatoms. The third-order valence-electron chi connectivity index (χ3n) is 6.29. The van der Waals surface area contributed by atoms with E-state index in [2.05, 4.69) is 15.2 Å². The predicted molar refractivity (Wildman–Crippen MR) is 88.4 cm³/mol. The first-order valence-corrected chi connectivity index (χ1v) is 9.33. The maximum Gasteiger partial charge on any atom is 0.401 e. The molecule has 0 amide bonds. The smallest absolute Gasteiger partial charge is 0.374 e. The summed E-state index contributed by atoms with van der Waals surface area (Å²) in [5, 5.41) is 3.40. The number of hydrogen-bond donors (Lipinski definition) is 1. The van der Waals surface area contributed by atoms with Gasteiger partial charge >= 0.3 is 6.18 Å². The largest absolute Gasteiger partial charge is 0.401 e. The summed E-state index contributed by atoms with van der Waals surface area (Å²) in [5.41, 5.74) is 0. The van der Waals surface area contributed by atoms with Crippen molar-refractivity contribution in [3.8, 4) is 0 Å². The van der Waals surface area contributed by atoms with E-state index in [1.165, 1.54) is 17.7 Å². The number of nitrogens with zero attached hydrogens (tertiary/aromatic N) is 3. The number of guanidine groups is 1. The molecular formula is C17H27F3N4O. The molecule has 0 spiro atoms. The Balaban J connectivity index is 1.25. The van der Waals surface area contributed by atoms with Gasteiger partial charge < -0.3 is 15.0 Å². The molecule has 0 radical (unpaired) electrons. The molecule has 4 fully saturated rings. The van der Waals surface area contributed by atoms with Gasteiger partial charge in [-0.05, 0) is 31.7 Å². The molecule has 4 heterocycles. The zero-order chi connectivity index (χ0) is 17.6. The highest BCUT2D eigenvalue weighted by Gasteiger charge is 2.53. The minimum atomic E-state index is -4.10. The first-order chi connectivity index (χ1) is 11.9. The molecule has 5 unspecified atom stereocenters. The Labute approximate surface area is 146 Å². The number of hydrogen-bond acceptors (Lipinski definition) is 3. The molecule has 0 aromatic rings. The Morgan fingerprint density at radius 2 is 1.80 bits per heavy atom. The average molecular weight is 360 g/mol. The summed E-state index contributed by atoms with van der Waals surface area (Å²) in [5.74, 6) is 2.38. The molecule has 0 aromatic heterocycles. The number of fused-ring (bicyclic) bond motifs is 5. The average Bonchev–Trinajstić information content (AvgIpc) is 3.28. The molecule has 4 aliphatic heterocycles. The van der Waals surface area contributed by atoms with E-state index in [0.717, 1.165) is 25.5 Å². The minimum absolute atomic E-state index is 0.251. The van der Waals surface area contributed by atoms with Gasteiger partial charge in [0.2, 0.25) is 0 Å². The molecule has 0 aliphatic carbocycles. The van der Waals surface area contributed by atoms with Crippen LogP contribution < -0.4 is 5.32 Å². The second-order valence-corrected chi connectivity index (χ2v) is 7.96. The number of likely N-dealkylation sites (tertiary alicyclic amines) is 2. The Morgan fingerprint density at radius 3 is 2.40 bits per heavy atom. The number of halogens is 3. The number of aliphatic imine (C=N–C) groups is 1. The third kappa shape index (κ3) is 3.60. The molecule has 4 saturated heterocycles. The van der Waals surface area contributed by atoms with Crippen LogP contribution in [0.25, 0.3) is 0 Å². The summed E-state index contributed by atoms with van der Waals surface area (Å²) in [7, 11) is 1.78. The van der Waals surface area contributed by atoms with Gasteiger partial charge in [0.05, 0.1) is 18.8 Å². The topological polar surface area (TPSA) is 40.1 Å². The van der Waals surface area contributed by atoms with E-state index in [1.54, 1.807) is 7.05 Å².